The molecule has 0 aliphatic rings. The zero-order chi connectivity index (χ0) is 16.8. The molecule has 0 saturated heterocycles. The highest BCUT2D eigenvalue weighted by Gasteiger charge is 1.93. The lowest BCUT2D eigenvalue weighted by atomic mass is 10.1. The number of carbonyl (C=O) groups excluding carboxylic acids is 2. The topological polar surface area (TPSA) is 52.6 Å². The van der Waals surface area contributed by atoms with E-state index in [1.807, 2.05) is 25.2 Å². The zero-order valence-corrected chi connectivity index (χ0v) is 14.2. The van der Waals surface area contributed by atoms with Gasteiger partial charge in [0.2, 0.25) is 0 Å². The van der Waals surface area contributed by atoms with E-state index in [4.69, 9.17) is 9.47 Å². The summed E-state index contributed by atoms with van der Waals surface area (Å²) in [6, 6.07) is 0. The molecule has 124 valence electrons. The predicted molar refractivity (Wildman–Crippen MR) is 88.4 cm³/mol. The zero-order valence-electron chi connectivity index (χ0n) is 14.2. The first kappa shape index (κ1) is 20.2. The second kappa shape index (κ2) is 12.9. The van der Waals surface area contributed by atoms with Gasteiger partial charge in [0.05, 0.1) is 0 Å². The Kier molecular flexibility index (Phi) is 11.8. The van der Waals surface area contributed by atoms with Crippen LogP contribution in [0.15, 0.2) is 35.5 Å². The smallest absolute Gasteiger partial charge is 0.302 e. The van der Waals surface area contributed by atoms with E-state index < -0.39 is 0 Å². The number of hydrogen-bond acceptors (Lipinski definition) is 4. The average Bonchev–Trinajstić information content (AvgIpc) is 2.42. The molecule has 0 radical (unpaired) electrons. The van der Waals surface area contributed by atoms with Crippen molar-refractivity contribution in [3.63, 3.8) is 0 Å². The van der Waals surface area contributed by atoms with Crippen molar-refractivity contribution in [1.82, 2.24) is 0 Å². The Balaban J connectivity index is 3.79. The summed E-state index contributed by atoms with van der Waals surface area (Å²) in [4.78, 5) is 21.2. The molecule has 0 amide bonds. The minimum Gasteiger partial charge on any atom is -0.462 e. The molecule has 0 atom stereocenters. The van der Waals surface area contributed by atoms with E-state index in [1.54, 1.807) is 0 Å². The number of allylic oxidation sites excluding steroid dienone is 4. The van der Waals surface area contributed by atoms with Gasteiger partial charge in [-0.05, 0) is 45.6 Å². The maximum Gasteiger partial charge on any atom is 0.302 e. The van der Waals surface area contributed by atoms with E-state index in [9.17, 15) is 9.59 Å². The van der Waals surface area contributed by atoms with Crippen molar-refractivity contribution in [1.29, 1.82) is 0 Å². The maximum absolute atomic E-state index is 10.6. The average molecular weight is 308 g/mol. The molecule has 0 rings (SSSR count). The van der Waals surface area contributed by atoms with E-state index in [0.29, 0.717) is 13.2 Å². The largest absolute Gasteiger partial charge is 0.462 e. The summed E-state index contributed by atoms with van der Waals surface area (Å²) in [5, 5.41) is 0. The number of esters is 2. The second-order valence-corrected chi connectivity index (χ2v) is 5.25. The number of ether oxygens (including phenoxy) is 2. The summed E-state index contributed by atoms with van der Waals surface area (Å²) in [5.74, 6) is -0.501. The molecule has 0 N–H and O–H groups in total. The SMILES string of the molecule is CC(=O)OC/C=C\CC/C(C)=C\CC/C(C)=C\COC(C)=O. The van der Waals surface area contributed by atoms with Crippen LogP contribution in [-0.2, 0) is 19.1 Å². The number of carbonyl (C=O) groups is 2. The van der Waals surface area contributed by atoms with Crippen molar-refractivity contribution < 1.29 is 19.1 Å². The third-order valence-electron chi connectivity index (χ3n) is 3.00. The van der Waals surface area contributed by atoms with Crippen LogP contribution in [0.25, 0.3) is 0 Å². The monoisotopic (exact) mass is 308 g/mol. The van der Waals surface area contributed by atoms with Crippen LogP contribution in [0.3, 0.4) is 0 Å². The molecule has 0 heterocycles. The van der Waals surface area contributed by atoms with Crippen molar-refractivity contribution in [3.05, 3.63) is 35.5 Å². The fourth-order valence-corrected chi connectivity index (χ4v) is 1.71. The van der Waals surface area contributed by atoms with Crippen LogP contribution >= 0.6 is 0 Å². The normalized spacial score (nSPS) is 12.5. The Morgan fingerprint density at radius 1 is 0.727 bits per heavy atom. The summed E-state index contributed by atoms with van der Waals surface area (Å²) in [6.07, 6.45) is 12.0. The van der Waals surface area contributed by atoms with Gasteiger partial charge in [-0.25, -0.2) is 0 Å². The minimum absolute atomic E-state index is 0.249. The van der Waals surface area contributed by atoms with Crippen LogP contribution in [0.2, 0.25) is 0 Å². The highest BCUT2D eigenvalue weighted by molar-refractivity contribution is 5.66. The van der Waals surface area contributed by atoms with Crippen molar-refractivity contribution in [2.24, 2.45) is 0 Å². The van der Waals surface area contributed by atoms with Crippen LogP contribution in [0.1, 0.15) is 53.4 Å². The standard InChI is InChI=1S/C18H28O4/c1-15(9-6-5-7-13-21-17(3)19)10-8-11-16(2)12-14-22-18(4)20/h5,7,10,12H,6,8-9,11,13-14H2,1-4H3/b7-5-,15-10-,16-12-. The minimum atomic E-state index is -0.252. The highest BCUT2D eigenvalue weighted by Crippen LogP contribution is 2.10. The van der Waals surface area contributed by atoms with Crippen LogP contribution in [0, 0.1) is 0 Å². The molecule has 0 saturated carbocycles. The van der Waals surface area contributed by atoms with Gasteiger partial charge < -0.3 is 9.47 Å². The first-order chi connectivity index (χ1) is 10.4. The van der Waals surface area contributed by atoms with Gasteiger partial charge >= 0.3 is 11.9 Å². The van der Waals surface area contributed by atoms with Gasteiger partial charge in [-0.3, -0.25) is 9.59 Å². The Morgan fingerprint density at radius 2 is 1.27 bits per heavy atom. The number of hydrogen-bond donors (Lipinski definition) is 0. The molecule has 0 fully saturated rings. The molecule has 0 spiro atoms. The van der Waals surface area contributed by atoms with Crippen molar-refractivity contribution in [2.75, 3.05) is 13.2 Å². The van der Waals surface area contributed by atoms with E-state index in [-0.39, 0.29) is 11.9 Å². The Morgan fingerprint density at radius 3 is 1.91 bits per heavy atom. The third kappa shape index (κ3) is 14.6. The fraction of sp³-hybridized carbons (Fsp3) is 0.556. The molecule has 0 aliphatic heterocycles. The van der Waals surface area contributed by atoms with Gasteiger partial charge in [0.15, 0.2) is 0 Å². The molecule has 4 heteroatoms. The maximum atomic E-state index is 10.6. The molecule has 0 aliphatic carbocycles. The first-order valence-electron chi connectivity index (χ1n) is 7.64. The van der Waals surface area contributed by atoms with Gasteiger partial charge in [0.1, 0.15) is 13.2 Å². The molecule has 0 aromatic rings. The fourth-order valence-electron chi connectivity index (χ4n) is 1.71. The quantitative estimate of drug-likeness (QED) is 0.450. The molecular formula is C18H28O4. The van der Waals surface area contributed by atoms with Gasteiger partial charge in [0.25, 0.3) is 0 Å². The summed E-state index contributed by atoms with van der Waals surface area (Å²) < 4.78 is 9.68. The first-order valence-corrected chi connectivity index (χ1v) is 7.64. The summed E-state index contributed by atoms with van der Waals surface area (Å²) in [6.45, 7) is 7.70. The van der Waals surface area contributed by atoms with E-state index in [2.05, 4.69) is 13.0 Å². The van der Waals surface area contributed by atoms with Crippen LogP contribution < -0.4 is 0 Å². The van der Waals surface area contributed by atoms with Crippen LogP contribution in [-0.4, -0.2) is 25.2 Å². The van der Waals surface area contributed by atoms with Gasteiger partial charge in [-0.1, -0.05) is 29.4 Å². The molecule has 0 aromatic carbocycles. The van der Waals surface area contributed by atoms with Gasteiger partial charge in [0, 0.05) is 13.8 Å². The third-order valence-corrected chi connectivity index (χ3v) is 3.00. The summed E-state index contributed by atoms with van der Waals surface area (Å²) >= 11 is 0. The molecule has 0 bridgehead atoms. The molecule has 22 heavy (non-hydrogen) atoms. The lowest BCUT2D eigenvalue weighted by Gasteiger charge is -2.02. The molecule has 4 nitrogen and oxygen atoms in total. The van der Waals surface area contributed by atoms with Crippen LogP contribution in [0.4, 0.5) is 0 Å². The molecular weight excluding hydrogens is 280 g/mol. The van der Waals surface area contributed by atoms with E-state index in [0.717, 1.165) is 25.7 Å². The highest BCUT2D eigenvalue weighted by atomic mass is 16.5. The van der Waals surface area contributed by atoms with Crippen molar-refractivity contribution >= 4 is 11.9 Å². The lowest BCUT2D eigenvalue weighted by Crippen LogP contribution is -1.98. The number of rotatable bonds is 10. The van der Waals surface area contributed by atoms with Crippen molar-refractivity contribution in [3.8, 4) is 0 Å². The predicted octanol–water partition coefficient (Wildman–Crippen LogP) is 4.12. The molecule has 0 unspecified atom stereocenters. The lowest BCUT2D eigenvalue weighted by molar-refractivity contribution is -0.140. The van der Waals surface area contributed by atoms with E-state index in [1.165, 1.54) is 25.0 Å². The Hall–Kier alpha value is -1.84. The second-order valence-electron chi connectivity index (χ2n) is 5.25. The van der Waals surface area contributed by atoms with Gasteiger partial charge in [-0.15, -0.1) is 0 Å². The van der Waals surface area contributed by atoms with Gasteiger partial charge in [-0.2, -0.15) is 0 Å². The Labute approximate surface area is 133 Å². The van der Waals surface area contributed by atoms with E-state index >= 15 is 0 Å². The summed E-state index contributed by atoms with van der Waals surface area (Å²) in [7, 11) is 0. The molecule has 0 aromatic heterocycles. The van der Waals surface area contributed by atoms with Crippen LogP contribution in [0.5, 0.6) is 0 Å². The van der Waals surface area contributed by atoms with Crippen molar-refractivity contribution in [2.45, 2.75) is 53.4 Å². The Bertz CT molecular complexity index is 430. The summed E-state index contributed by atoms with van der Waals surface area (Å²) in [5.41, 5.74) is 2.58.